The van der Waals surface area contributed by atoms with Crippen LogP contribution in [0, 0.1) is 0 Å². The normalized spacial score (nSPS) is 18.7. The molecule has 2 rings (SSSR count). The van der Waals surface area contributed by atoms with E-state index >= 15 is 0 Å². The number of aromatic carboxylic acids is 1. The molecule has 1 aliphatic heterocycles. The number of carbonyl (C=O) groups is 2. The van der Waals surface area contributed by atoms with E-state index in [1.165, 1.54) is 12.1 Å². The summed E-state index contributed by atoms with van der Waals surface area (Å²) < 4.78 is 5.26. The van der Waals surface area contributed by atoms with E-state index in [0.717, 1.165) is 0 Å². The summed E-state index contributed by atoms with van der Waals surface area (Å²) in [6.07, 6.45) is 0. The van der Waals surface area contributed by atoms with Gasteiger partial charge in [-0.05, 0) is 19.1 Å². The number of benzene rings is 1. The Labute approximate surface area is 121 Å². The van der Waals surface area contributed by atoms with Gasteiger partial charge in [-0.1, -0.05) is 17.7 Å². The average Bonchev–Trinajstić information content (AvgIpc) is 2.38. The van der Waals surface area contributed by atoms with Crippen LogP contribution in [0.2, 0.25) is 5.02 Å². The molecule has 0 radical (unpaired) electrons. The Balaban J connectivity index is 2.19. The van der Waals surface area contributed by atoms with Gasteiger partial charge in [0.25, 0.3) is 0 Å². The number of amides is 2. The maximum Gasteiger partial charge on any atom is 0.339 e. The summed E-state index contributed by atoms with van der Waals surface area (Å²) in [4.78, 5) is 25.0. The van der Waals surface area contributed by atoms with Crippen LogP contribution >= 0.6 is 11.6 Å². The van der Waals surface area contributed by atoms with Crippen LogP contribution in [0.1, 0.15) is 17.3 Å². The number of hydrogen-bond donors (Lipinski definition) is 2. The number of nitrogens with zero attached hydrogens (tertiary/aromatic N) is 1. The van der Waals surface area contributed by atoms with Gasteiger partial charge in [0.1, 0.15) is 5.56 Å². The molecular formula is C13H15ClN2O4. The maximum absolute atomic E-state index is 12.2. The van der Waals surface area contributed by atoms with Gasteiger partial charge < -0.3 is 20.1 Å². The van der Waals surface area contributed by atoms with Gasteiger partial charge in [-0.2, -0.15) is 0 Å². The Kier molecular flexibility index (Phi) is 4.46. The topological polar surface area (TPSA) is 78.9 Å². The molecule has 1 atom stereocenters. The van der Waals surface area contributed by atoms with Crippen molar-refractivity contribution >= 4 is 29.3 Å². The lowest BCUT2D eigenvalue weighted by Gasteiger charge is -2.33. The maximum atomic E-state index is 12.2. The molecule has 1 aromatic rings. The number of hydrogen-bond acceptors (Lipinski definition) is 3. The fraction of sp³-hybridized carbons (Fsp3) is 0.385. The number of rotatable bonds is 2. The fourth-order valence-corrected chi connectivity index (χ4v) is 2.32. The van der Waals surface area contributed by atoms with Gasteiger partial charge >= 0.3 is 12.0 Å². The number of carbonyl (C=O) groups excluding carboxylic acids is 1. The first-order valence-corrected chi connectivity index (χ1v) is 6.55. The van der Waals surface area contributed by atoms with Gasteiger partial charge in [-0.3, -0.25) is 0 Å². The molecule has 0 aliphatic carbocycles. The van der Waals surface area contributed by atoms with Gasteiger partial charge in [0, 0.05) is 6.54 Å². The Hall–Kier alpha value is -1.79. The molecule has 20 heavy (non-hydrogen) atoms. The molecule has 6 nitrogen and oxygen atoms in total. The minimum Gasteiger partial charge on any atom is -0.478 e. The molecule has 1 unspecified atom stereocenters. The Morgan fingerprint density at radius 2 is 2.25 bits per heavy atom. The van der Waals surface area contributed by atoms with Crippen LogP contribution in [0.5, 0.6) is 0 Å². The number of carboxylic acids is 1. The molecule has 0 bridgehead atoms. The summed E-state index contributed by atoms with van der Waals surface area (Å²) in [7, 11) is 0. The molecule has 0 aromatic heterocycles. The second kappa shape index (κ2) is 6.11. The van der Waals surface area contributed by atoms with Crippen LogP contribution in [0.15, 0.2) is 18.2 Å². The van der Waals surface area contributed by atoms with Crippen molar-refractivity contribution in [3.05, 3.63) is 28.8 Å². The Bertz CT molecular complexity index is 535. The van der Waals surface area contributed by atoms with E-state index in [1.807, 2.05) is 6.92 Å². The number of nitrogens with one attached hydrogen (secondary N) is 1. The monoisotopic (exact) mass is 298 g/mol. The summed E-state index contributed by atoms with van der Waals surface area (Å²) in [5.74, 6) is -1.18. The summed E-state index contributed by atoms with van der Waals surface area (Å²) in [5, 5.41) is 11.8. The molecular weight excluding hydrogens is 284 g/mol. The van der Waals surface area contributed by atoms with Crippen molar-refractivity contribution in [1.29, 1.82) is 0 Å². The van der Waals surface area contributed by atoms with E-state index in [4.69, 9.17) is 21.4 Å². The molecule has 2 amide bonds. The van der Waals surface area contributed by atoms with Gasteiger partial charge in [-0.25, -0.2) is 9.59 Å². The predicted molar refractivity (Wildman–Crippen MR) is 74.4 cm³/mol. The van der Waals surface area contributed by atoms with Crippen LogP contribution < -0.4 is 5.32 Å². The molecule has 0 spiro atoms. The first kappa shape index (κ1) is 14.6. The SMILES string of the molecule is CC1COCCN1C(=O)Nc1cccc(Cl)c1C(=O)O. The highest BCUT2D eigenvalue weighted by molar-refractivity contribution is 6.34. The van der Waals surface area contributed by atoms with Gasteiger partial charge in [0.15, 0.2) is 0 Å². The Morgan fingerprint density at radius 1 is 1.50 bits per heavy atom. The highest BCUT2D eigenvalue weighted by Crippen LogP contribution is 2.25. The van der Waals surface area contributed by atoms with Crippen LogP contribution in [0.25, 0.3) is 0 Å². The molecule has 1 fully saturated rings. The van der Waals surface area contributed by atoms with Crippen LogP contribution in [0.4, 0.5) is 10.5 Å². The fourth-order valence-electron chi connectivity index (χ4n) is 2.06. The van der Waals surface area contributed by atoms with Gasteiger partial charge in [0.05, 0.1) is 30.0 Å². The number of anilines is 1. The second-order valence-electron chi connectivity index (χ2n) is 4.52. The number of urea groups is 1. The summed E-state index contributed by atoms with van der Waals surface area (Å²) in [6, 6.07) is 4.16. The summed E-state index contributed by atoms with van der Waals surface area (Å²) >= 11 is 5.86. The Morgan fingerprint density at radius 3 is 2.90 bits per heavy atom. The third-order valence-electron chi connectivity index (χ3n) is 3.10. The van der Waals surface area contributed by atoms with E-state index in [9.17, 15) is 9.59 Å². The first-order valence-electron chi connectivity index (χ1n) is 6.18. The molecule has 1 aromatic carbocycles. The zero-order valence-corrected chi connectivity index (χ0v) is 11.7. The molecule has 108 valence electrons. The van der Waals surface area contributed by atoms with Crippen LogP contribution in [-0.4, -0.2) is 47.8 Å². The van der Waals surface area contributed by atoms with E-state index in [2.05, 4.69) is 5.32 Å². The molecule has 2 N–H and O–H groups in total. The molecule has 1 heterocycles. The number of carboxylic acid groups (broad SMARTS) is 1. The predicted octanol–water partition coefficient (Wildman–Crippen LogP) is 2.29. The highest BCUT2D eigenvalue weighted by atomic mass is 35.5. The van der Waals surface area contributed by atoms with E-state index in [0.29, 0.717) is 19.8 Å². The van der Waals surface area contributed by atoms with Crippen molar-refractivity contribution in [3.8, 4) is 0 Å². The lowest BCUT2D eigenvalue weighted by molar-refractivity contribution is 0.0221. The van der Waals surface area contributed by atoms with Crippen LogP contribution in [0.3, 0.4) is 0 Å². The second-order valence-corrected chi connectivity index (χ2v) is 4.92. The first-order chi connectivity index (χ1) is 9.50. The zero-order valence-electron chi connectivity index (χ0n) is 10.9. The van der Waals surface area contributed by atoms with Crippen molar-refractivity contribution in [1.82, 2.24) is 4.90 Å². The average molecular weight is 299 g/mol. The van der Waals surface area contributed by atoms with Gasteiger partial charge in [-0.15, -0.1) is 0 Å². The minimum atomic E-state index is -1.18. The standard InChI is InChI=1S/C13H15ClN2O4/c1-8-7-20-6-5-16(8)13(19)15-10-4-2-3-9(14)11(10)12(17)18/h2-4,8H,5-7H2,1H3,(H,15,19)(H,17,18). The smallest absolute Gasteiger partial charge is 0.339 e. The molecule has 1 saturated heterocycles. The van der Waals surface area contributed by atoms with Crippen molar-refractivity contribution in [2.45, 2.75) is 13.0 Å². The number of ether oxygens (including phenoxy) is 1. The van der Waals surface area contributed by atoms with Crippen LogP contribution in [-0.2, 0) is 4.74 Å². The van der Waals surface area contributed by atoms with E-state index in [1.54, 1.807) is 11.0 Å². The highest BCUT2D eigenvalue weighted by Gasteiger charge is 2.25. The zero-order chi connectivity index (χ0) is 14.7. The van der Waals surface area contributed by atoms with E-state index in [-0.39, 0.29) is 28.3 Å². The lowest BCUT2D eigenvalue weighted by Crippen LogP contribution is -2.49. The number of morpholine rings is 1. The minimum absolute atomic E-state index is 0.0591. The molecule has 1 aliphatic rings. The molecule has 7 heteroatoms. The summed E-state index contributed by atoms with van der Waals surface area (Å²) in [6.45, 7) is 3.28. The van der Waals surface area contributed by atoms with Crippen molar-refractivity contribution in [2.24, 2.45) is 0 Å². The third-order valence-corrected chi connectivity index (χ3v) is 3.41. The number of halogens is 1. The largest absolute Gasteiger partial charge is 0.478 e. The quantitative estimate of drug-likeness (QED) is 0.878. The van der Waals surface area contributed by atoms with E-state index < -0.39 is 5.97 Å². The lowest BCUT2D eigenvalue weighted by atomic mass is 10.2. The van der Waals surface area contributed by atoms with Crippen molar-refractivity contribution < 1.29 is 19.4 Å². The van der Waals surface area contributed by atoms with Crippen molar-refractivity contribution in [2.75, 3.05) is 25.1 Å². The summed E-state index contributed by atoms with van der Waals surface area (Å²) in [5.41, 5.74) is 0.0807. The third kappa shape index (κ3) is 3.02. The van der Waals surface area contributed by atoms with Gasteiger partial charge in [0.2, 0.25) is 0 Å². The van der Waals surface area contributed by atoms with Crippen molar-refractivity contribution in [3.63, 3.8) is 0 Å². The molecule has 0 saturated carbocycles.